The molecule has 0 aliphatic heterocycles. The summed E-state index contributed by atoms with van der Waals surface area (Å²) < 4.78 is 1.80. The van der Waals surface area contributed by atoms with Gasteiger partial charge in [0.2, 0.25) is 0 Å². The Balaban J connectivity index is 1.82. The zero-order chi connectivity index (χ0) is 16.4. The van der Waals surface area contributed by atoms with E-state index in [4.69, 9.17) is 5.21 Å². The molecule has 0 radical (unpaired) electrons. The minimum atomic E-state index is -1.10. The number of nitrogens with zero attached hydrogens (tertiary/aromatic N) is 1. The van der Waals surface area contributed by atoms with Crippen molar-refractivity contribution in [2.75, 3.05) is 0 Å². The summed E-state index contributed by atoms with van der Waals surface area (Å²) >= 11 is 0. The van der Waals surface area contributed by atoms with Crippen LogP contribution in [0.5, 0.6) is 0 Å². The highest BCUT2D eigenvalue weighted by molar-refractivity contribution is 5.93. The summed E-state index contributed by atoms with van der Waals surface area (Å²) in [6.07, 6.45) is 3.51. The van der Waals surface area contributed by atoms with E-state index in [9.17, 15) is 9.90 Å². The highest BCUT2D eigenvalue weighted by Crippen LogP contribution is 2.31. The Morgan fingerprint density at radius 2 is 2.22 bits per heavy atom. The molecule has 1 amide bonds. The van der Waals surface area contributed by atoms with Crippen LogP contribution in [0.2, 0.25) is 0 Å². The molecule has 0 spiro atoms. The summed E-state index contributed by atoms with van der Waals surface area (Å²) in [5, 5.41) is 21.6. The molecule has 1 aromatic heterocycles. The number of carbonyl (C=O) groups excluding carboxylic acids is 1. The average molecular weight is 315 g/mol. The van der Waals surface area contributed by atoms with Gasteiger partial charge in [0.1, 0.15) is 5.69 Å². The molecule has 1 aliphatic rings. The SMILES string of the molecule is Cn1cccc1C(=O)NC1CCCc2cc(C(O)NO)ccc21. The third kappa shape index (κ3) is 3.14. The van der Waals surface area contributed by atoms with E-state index in [1.165, 1.54) is 0 Å². The van der Waals surface area contributed by atoms with Crippen molar-refractivity contribution in [2.45, 2.75) is 31.5 Å². The number of aryl methyl sites for hydroxylation is 2. The molecule has 4 N–H and O–H groups in total. The average Bonchev–Trinajstić information content (AvgIpc) is 3.00. The first kappa shape index (κ1) is 15.7. The smallest absolute Gasteiger partial charge is 0.268 e. The quantitative estimate of drug-likeness (QED) is 0.512. The third-order valence-electron chi connectivity index (χ3n) is 4.40. The molecule has 3 rings (SSSR count). The van der Waals surface area contributed by atoms with Gasteiger partial charge in [-0.05, 0) is 48.1 Å². The van der Waals surface area contributed by atoms with Crippen LogP contribution in [0.1, 0.15) is 52.3 Å². The van der Waals surface area contributed by atoms with Crippen LogP contribution in [0.3, 0.4) is 0 Å². The van der Waals surface area contributed by atoms with E-state index in [1.54, 1.807) is 16.7 Å². The van der Waals surface area contributed by atoms with Crippen molar-refractivity contribution in [1.82, 2.24) is 15.4 Å². The number of nitrogens with one attached hydrogen (secondary N) is 2. The summed E-state index contributed by atoms with van der Waals surface area (Å²) in [6.45, 7) is 0. The van der Waals surface area contributed by atoms with Crippen molar-refractivity contribution >= 4 is 5.91 Å². The van der Waals surface area contributed by atoms with Gasteiger partial charge in [-0.1, -0.05) is 18.2 Å². The molecule has 23 heavy (non-hydrogen) atoms. The molecule has 122 valence electrons. The molecule has 0 saturated carbocycles. The van der Waals surface area contributed by atoms with Gasteiger partial charge in [0, 0.05) is 13.2 Å². The lowest BCUT2D eigenvalue weighted by Crippen LogP contribution is -2.32. The number of carbonyl (C=O) groups is 1. The van der Waals surface area contributed by atoms with Gasteiger partial charge >= 0.3 is 0 Å². The van der Waals surface area contributed by atoms with Crippen molar-refractivity contribution in [2.24, 2.45) is 7.05 Å². The van der Waals surface area contributed by atoms with Crippen LogP contribution < -0.4 is 10.8 Å². The first-order valence-corrected chi connectivity index (χ1v) is 7.72. The number of benzene rings is 1. The Kier molecular flexibility index (Phi) is 4.47. The maximum absolute atomic E-state index is 12.4. The van der Waals surface area contributed by atoms with Gasteiger partial charge in [-0.3, -0.25) is 4.79 Å². The fourth-order valence-electron chi connectivity index (χ4n) is 3.16. The highest BCUT2D eigenvalue weighted by atomic mass is 16.5. The molecule has 1 aromatic carbocycles. The normalized spacial score (nSPS) is 18.3. The second-order valence-electron chi connectivity index (χ2n) is 5.91. The molecule has 0 bridgehead atoms. The molecule has 2 unspecified atom stereocenters. The molecule has 6 heteroatoms. The van der Waals surface area contributed by atoms with Crippen molar-refractivity contribution in [3.63, 3.8) is 0 Å². The predicted molar refractivity (Wildman–Crippen MR) is 84.9 cm³/mol. The van der Waals surface area contributed by atoms with Gasteiger partial charge in [-0.2, -0.15) is 5.48 Å². The second-order valence-corrected chi connectivity index (χ2v) is 5.91. The van der Waals surface area contributed by atoms with Crippen LogP contribution in [0.25, 0.3) is 0 Å². The summed E-state index contributed by atoms with van der Waals surface area (Å²) in [4.78, 5) is 12.4. The minimum absolute atomic E-state index is 0.0329. The molecule has 0 fully saturated rings. The van der Waals surface area contributed by atoms with Crippen LogP contribution in [-0.4, -0.2) is 20.8 Å². The highest BCUT2D eigenvalue weighted by Gasteiger charge is 2.23. The van der Waals surface area contributed by atoms with Gasteiger partial charge in [0.25, 0.3) is 5.91 Å². The Hall–Kier alpha value is -2.15. The fourth-order valence-corrected chi connectivity index (χ4v) is 3.16. The molecule has 2 aromatic rings. The van der Waals surface area contributed by atoms with Crippen LogP contribution in [0, 0.1) is 0 Å². The Morgan fingerprint density at radius 3 is 2.91 bits per heavy atom. The second kappa shape index (κ2) is 6.54. The van der Waals surface area contributed by atoms with E-state index in [1.807, 2.05) is 36.9 Å². The van der Waals surface area contributed by atoms with Gasteiger partial charge in [0.05, 0.1) is 6.04 Å². The van der Waals surface area contributed by atoms with Gasteiger partial charge < -0.3 is 20.2 Å². The molecule has 2 atom stereocenters. The number of hydrogen-bond donors (Lipinski definition) is 4. The molecular formula is C17H21N3O3. The number of hydrogen-bond acceptors (Lipinski definition) is 4. The Bertz CT molecular complexity index is 711. The van der Waals surface area contributed by atoms with E-state index in [0.29, 0.717) is 11.3 Å². The topological polar surface area (TPSA) is 86.5 Å². The number of aromatic nitrogens is 1. The van der Waals surface area contributed by atoms with E-state index in [2.05, 4.69) is 5.32 Å². The number of hydroxylamine groups is 1. The first-order valence-electron chi connectivity index (χ1n) is 7.72. The van der Waals surface area contributed by atoms with E-state index < -0.39 is 6.23 Å². The Labute approximate surface area is 134 Å². The van der Waals surface area contributed by atoms with Crippen molar-refractivity contribution in [3.8, 4) is 0 Å². The lowest BCUT2D eigenvalue weighted by Gasteiger charge is -2.27. The van der Waals surface area contributed by atoms with E-state index in [-0.39, 0.29) is 11.9 Å². The monoisotopic (exact) mass is 315 g/mol. The van der Waals surface area contributed by atoms with Crippen LogP contribution in [-0.2, 0) is 13.5 Å². The van der Waals surface area contributed by atoms with Crippen LogP contribution in [0.4, 0.5) is 0 Å². The summed E-state index contributed by atoms with van der Waals surface area (Å²) in [7, 11) is 1.85. The number of amides is 1. The number of rotatable bonds is 4. The van der Waals surface area contributed by atoms with Crippen LogP contribution >= 0.6 is 0 Å². The standard InChI is InChI=1S/C17H21N3O3/c1-20-9-3-6-15(20)17(22)18-14-5-2-4-11-10-12(16(21)19-23)7-8-13(11)14/h3,6-10,14,16,19,21,23H,2,4-5H2,1H3,(H,18,22). The van der Waals surface area contributed by atoms with Crippen molar-refractivity contribution in [1.29, 1.82) is 0 Å². The van der Waals surface area contributed by atoms with Crippen molar-refractivity contribution < 1.29 is 15.1 Å². The molecular weight excluding hydrogens is 294 g/mol. The van der Waals surface area contributed by atoms with E-state index in [0.717, 1.165) is 30.4 Å². The number of aliphatic hydroxyl groups is 1. The largest absolute Gasteiger partial charge is 0.372 e. The van der Waals surface area contributed by atoms with Crippen LogP contribution in [0.15, 0.2) is 36.5 Å². The van der Waals surface area contributed by atoms with Crippen molar-refractivity contribution in [3.05, 3.63) is 58.9 Å². The molecule has 1 aliphatic carbocycles. The lowest BCUT2D eigenvalue weighted by atomic mass is 9.86. The predicted octanol–water partition coefficient (Wildman–Crippen LogP) is 1.80. The lowest BCUT2D eigenvalue weighted by molar-refractivity contribution is 0.000634. The van der Waals surface area contributed by atoms with Gasteiger partial charge in [-0.25, -0.2) is 0 Å². The molecule has 1 heterocycles. The zero-order valence-corrected chi connectivity index (χ0v) is 13.0. The fraction of sp³-hybridized carbons (Fsp3) is 0.353. The minimum Gasteiger partial charge on any atom is -0.372 e. The molecule has 0 saturated heterocycles. The summed E-state index contributed by atoms with van der Waals surface area (Å²) in [5.41, 5.74) is 5.26. The Morgan fingerprint density at radius 1 is 1.39 bits per heavy atom. The third-order valence-corrected chi connectivity index (χ3v) is 4.40. The number of aliphatic hydroxyl groups excluding tert-OH is 1. The number of fused-ring (bicyclic) bond motifs is 1. The van der Waals surface area contributed by atoms with E-state index >= 15 is 0 Å². The summed E-state index contributed by atoms with van der Waals surface area (Å²) in [6, 6.07) is 9.17. The van der Waals surface area contributed by atoms with Gasteiger partial charge in [0.15, 0.2) is 6.23 Å². The maximum Gasteiger partial charge on any atom is 0.268 e. The maximum atomic E-state index is 12.4. The first-order chi connectivity index (χ1) is 11.1. The van der Waals surface area contributed by atoms with Gasteiger partial charge in [-0.15, -0.1) is 0 Å². The molecule has 6 nitrogen and oxygen atoms in total. The summed E-state index contributed by atoms with van der Waals surface area (Å²) in [5.74, 6) is -0.0866. The zero-order valence-electron chi connectivity index (χ0n) is 13.0.